The molecule has 0 saturated heterocycles. The van der Waals surface area contributed by atoms with Gasteiger partial charge in [-0.15, -0.1) is 0 Å². The fraction of sp³-hybridized carbons (Fsp3) is 0.0189. The van der Waals surface area contributed by atoms with E-state index in [-0.39, 0.29) is 0 Å². The zero-order valence-electron chi connectivity index (χ0n) is 32.7. The number of benzene rings is 7. The number of nitrogens with zero attached hydrogens (tertiary/aromatic N) is 4. The third-order valence-corrected chi connectivity index (χ3v) is 11.9. The number of hydrogen-bond donors (Lipinski definition) is 0. The number of anilines is 6. The van der Waals surface area contributed by atoms with Crippen LogP contribution in [0.2, 0.25) is 0 Å². The molecule has 8 heteroatoms. The highest BCUT2D eigenvalue weighted by molar-refractivity contribution is 6.16. The molecular formula is C53H32N4O4. The van der Waals surface area contributed by atoms with Crippen LogP contribution in [-0.2, 0) is 0 Å². The van der Waals surface area contributed by atoms with Crippen molar-refractivity contribution >= 4 is 122 Å². The minimum absolute atomic E-state index is 0.546. The fourth-order valence-corrected chi connectivity index (χ4v) is 9.00. The van der Waals surface area contributed by atoms with Crippen molar-refractivity contribution in [3.05, 3.63) is 181 Å². The summed E-state index contributed by atoms with van der Waals surface area (Å²) in [6.45, 7) is 2.04. The number of aryl methyl sites for hydroxylation is 1. The van der Waals surface area contributed by atoms with Crippen LogP contribution >= 0.6 is 0 Å². The van der Waals surface area contributed by atoms with Crippen LogP contribution in [0.5, 0.6) is 0 Å². The van der Waals surface area contributed by atoms with Crippen molar-refractivity contribution in [1.29, 1.82) is 0 Å². The molecule has 0 aliphatic carbocycles. The Labute approximate surface area is 347 Å². The normalized spacial score (nSPS) is 12.0. The number of rotatable bonds is 6. The van der Waals surface area contributed by atoms with E-state index < -0.39 is 0 Å². The topological polar surface area (TPSA) is 84.8 Å². The lowest BCUT2D eigenvalue weighted by Gasteiger charge is -2.24. The minimum Gasteiger partial charge on any atom is -0.456 e. The molecule has 0 aliphatic heterocycles. The lowest BCUT2D eigenvalue weighted by molar-refractivity contribution is 0.637. The van der Waals surface area contributed by atoms with Crippen molar-refractivity contribution in [2.45, 2.75) is 6.92 Å². The van der Waals surface area contributed by atoms with Crippen LogP contribution in [0.1, 0.15) is 5.56 Å². The molecule has 0 spiro atoms. The maximum Gasteiger partial charge on any atom is 0.229 e. The molecule has 6 heterocycles. The fourth-order valence-electron chi connectivity index (χ4n) is 9.00. The van der Waals surface area contributed by atoms with Crippen molar-refractivity contribution in [1.82, 2.24) is 9.97 Å². The molecule has 61 heavy (non-hydrogen) atoms. The Bertz CT molecular complexity index is 3610. The van der Waals surface area contributed by atoms with Gasteiger partial charge in [0.05, 0.1) is 0 Å². The summed E-state index contributed by atoms with van der Waals surface area (Å²) in [4.78, 5) is 14.7. The second kappa shape index (κ2) is 12.8. The van der Waals surface area contributed by atoms with Gasteiger partial charge in [0.15, 0.2) is 0 Å². The van der Waals surface area contributed by atoms with Crippen molar-refractivity contribution < 1.29 is 17.7 Å². The maximum absolute atomic E-state index is 6.65. The number of aromatic nitrogens is 2. The van der Waals surface area contributed by atoms with Gasteiger partial charge in [-0.1, -0.05) is 72.8 Å². The first-order valence-corrected chi connectivity index (χ1v) is 20.2. The predicted octanol–water partition coefficient (Wildman–Crippen LogP) is 15.3. The molecule has 0 amide bonds. The van der Waals surface area contributed by atoms with Crippen LogP contribution < -0.4 is 9.80 Å². The Morgan fingerprint density at radius 2 is 0.754 bits per heavy atom. The van der Waals surface area contributed by atoms with E-state index in [1.54, 1.807) is 0 Å². The largest absolute Gasteiger partial charge is 0.456 e. The van der Waals surface area contributed by atoms with Gasteiger partial charge in [-0.05, 0) is 110 Å². The van der Waals surface area contributed by atoms with Crippen LogP contribution in [0.3, 0.4) is 0 Å². The first kappa shape index (κ1) is 33.6. The molecule has 13 aromatic rings. The second-order valence-corrected chi connectivity index (χ2v) is 15.4. The maximum atomic E-state index is 6.65. The molecule has 0 radical (unpaired) electrons. The summed E-state index contributed by atoms with van der Waals surface area (Å²) in [5.41, 5.74) is 10.7. The van der Waals surface area contributed by atoms with E-state index >= 15 is 0 Å². The van der Waals surface area contributed by atoms with Crippen LogP contribution in [0.15, 0.2) is 194 Å². The predicted molar refractivity (Wildman–Crippen MR) is 245 cm³/mol. The SMILES string of the molecule is Cc1c2oc3nc(N(c4ccccc4)c4ccc5oc6ccccc6c5c4)ccc3c2cc2c1oc1nc(N(c3ccccc3)c3ccc4oc5ccccc5c4c3)ccc12. The Morgan fingerprint density at radius 1 is 0.328 bits per heavy atom. The van der Waals surface area contributed by atoms with E-state index in [0.29, 0.717) is 11.4 Å². The Balaban J connectivity index is 0.931. The van der Waals surface area contributed by atoms with Crippen molar-refractivity contribution in [2.24, 2.45) is 0 Å². The summed E-state index contributed by atoms with van der Waals surface area (Å²) < 4.78 is 25.6. The lowest BCUT2D eigenvalue weighted by atomic mass is 10.1. The molecule has 0 unspecified atom stereocenters. The third kappa shape index (κ3) is 5.12. The molecule has 288 valence electrons. The number of para-hydroxylation sites is 4. The summed E-state index contributed by atoms with van der Waals surface area (Å²) in [6, 6.07) is 59.8. The average Bonchev–Trinajstić information content (AvgIpc) is 4.08. The molecule has 0 bridgehead atoms. The lowest BCUT2D eigenvalue weighted by Crippen LogP contribution is -2.11. The molecule has 8 nitrogen and oxygen atoms in total. The van der Waals surface area contributed by atoms with Gasteiger partial charge in [0, 0.05) is 71.4 Å². The van der Waals surface area contributed by atoms with Gasteiger partial charge in [0.2, 0.25) is 11.4 Å². The highest BCUT2D eigenvalue weighted by atomic mass is 16.4. The van der Waals surface area contributed by atoms with E-state index in [0.717, 1.165) is 117 Å². The molecule has 6 aromatic heterocycles. The zero-order valence-corrected chi connectivity index (χ0v) is 32.7. The molecule has 0 saturated carbocycles. The Morgan fingerprint density at radius 3 is 1.23 bits per heavy atom. The van der Waals surface area contributed by atoms with Crippen molar-refractivity contribution in [3.63, 3.8) is 0 Å². The van der Waals surface area contributed by atoms with Crippen LogP contribution in [0, 0.1) is 6.92 Å². The smallest absolute Gasteiger partial charge is 0.229 e. The van der Waals surface area contributed by atoms with E-state index in [9.17, 15) is 0 Å². The zero-order chi connectivity index (χ0) is 40.2. The molecule has 13 rings (SSSR count). The van der Waals surface area contributed by atoms with E-state index in [4.69, 9.17) is 27.6 Å². The van der Waals surface area contributed by atoms with Crippen molar-refractivity contribution in [2.75, 3.05) is 9.80 Å². The molecular weight excluding hydrogens is 757 g/mol. The molecule has 0 N–H and O–H groups in total. The van der Waals surface area contributed by atoms with Crippen LogP contribution in [0.4, 0.5) is 34.4 Å². The third-order valence-electron chi connectivity index (χ3n) is 11.9. The molecule has 0 aliphatic rings. The highest BCUT2D eigenvalue weighted by Gasteiger charge is 2.23. The van der Waals surface area contributed by atoms with Gasteiger partial charge in [0.1, 0.15) is 45.1 Å². The summed E-state index contributed by atoms with van der Waals surface area (Å²) in [6.07, 6.45) is 0. The van der Waals surface area contributed by atoms with Gasteiger partial charge < -0.3 is 17.7 Å². The summed E-state index contributed by atoms with van der Waals surface area (Å²) >= 11 is 0. The summed E-state index contributed by atoms with van der Waals surface area (Å²) in [5, 5.41) is 8.01. The van der Waals surface area contributed by atoms with Crippen LogP contribution in [-0.4, -0.2) is 9.97 Å². The molecule has 7 aromatic carbocycles. The van der Waals surface area contributed by atoms with Gasteiger partial charge in [-0.3, -0.25) is 9.80 Å². The number of fused-ring (bicyclic) bond motifs is 12. The molecule has 0 atom stereocenters. The second-order valence-electron chi connectivity index (χ2n) is 15.4. The molecule has 0 fully saturated rings. The summed E-state index contributed by atoms with van der Waals surface area (Å²) in [7, 11) is 0. The van der Waals surface area contributed by atoms with E-state index in [2.05, 4.69) is 101 Å². The Kier molecular flexibility index (Phi) is 7.06. The van der Waals surface area contributed by atoms with Gasteiger partial charge in [0.25, 0.3) is 0 Å². The quantitative estimate of drug-likeness (QED) is 0.165. The van der Waals surface area contributed by atoms with Crippen molar-refractivity contribution in [3.8, 4) is 0 Å². The van der Waals surface area contributed by atoms with Gasteiger partial charge >= 0.3 is 0 Å². The highest BCUT2D eigenvalue weighted by Crippen LogP contribution is 2.44. The monoisotopic (exact) mass is 788 g/mol. The van der Waals surface area contributed by atoms with Crippen LogP contribution in [0.25, 0.3) is 88.0 Å². The number of hydrogen-bond acceptors (Lipinski definition) is 8. The minimum atomic E-state index is 0.546. The summed E-state index contributed by atoms with van der Waals surface area (Å²) in [5.74, 6) is 1.47. The van der Waals surface area contributed by atoms with E-state index in [1.165, 1.54) is 0 Å². The van der Waals surface area contributed by atoms with Gasteiger partial charge in [-0.25, -0.2) is 0 Å². The van der Waals surface area contributed by atoms with E-state index in [1.807, 2.05) is 91.9 Å². The number of furan rings is 4. The first-order chi connectivity index (χ1) is 30.1. The van der Waals surface area contributed by atoms with Gasteiger partial charge in [-0.2, -0.15) is 9.97 Å². The Hall–Kier alpha value is -8.36. The average molecular weight is 789 g/mol. The first-order valence-electron chi connectivity index (χ1n) is 20.2. The number of pyridine rings is 2. The standard InChI is InChI=1S/C53H32N4O4/c1-31-50-42(38-22-26-48(54-52(38)60-50)56(32-12-4-2-5-13-32)34-20-24-46-40(28-34)36-16-8-10-18-44(36)58-46)30-43-39-23-27-49(55-53(39)61-51(31)43)57(33-14-6-3-7-15-33)35-21-25-47-41(29-35)37-17-9-11-19-45(37)59-47/h2-30H,1H3.